The van der Waals surface area contributed by atoms with E-state index < -0.39 is 0 Å². The molecule has 3 aromatic rings. The molecule has 0 atom stereocenters. The van der Waals surface area contributed by atoms with Gasteiger partial charge >= 0.3 is 0 Å². The predicted molar refractivity (Wildman–Crippen MR) is 81.9 cm³/mol. The highest BCUT2D eigenvalue weighted by atomic mass is 35.5. The Morgan fingerprint density at radius 2 is 1.81 bits per heavy atom. The zero-order valence-electron chi connectivity index (χ0n) is 12.0. The van der Waals surface area contributed by atoms with Gasteiger partial charge in [-0.2, -0.15) is 9.97 Å². The fourth-order valence-corrected chi connectivity index (χ4v) is 2.15. The van der Waals surface area contributed by atoms with E-state index in [2.05, 4.69) is 40.7 Å². The summed E-state index contributed by atoms with van der Waals surface area (Å²) in [5, 5.41) is 0.107. The molecule has 0 saturated heterocycles. The lowest BCUT2D eigenvalue weighted by molar-refractivity contribution is 0.466. The summed E-state index contributed by atoms with van der Waals surface area (Å²) >= 11 is 5.88. The maximum absolute atomic E-state index is 5.88. The maximum atomic E-state index is 5.88. The molecule has 2 heterocycles. The van der Waals surface area contributed by atoms with Crippen molar-refractivity contribution in [2.45, 2.75) is 26.2 Å². The number of hydrogen-bond donors (Lipinski definition) is 1. The van der Waals surface area contributed by atoms with E-state index in [1.165, 1.54) is 11.9 Å². The summed E-state index contributed by atoms with van der Waals surface area (Å²) in [6.07, 6.45) is 1.53. The third-order valence-electron chi connectivity index (χ3n) is 3.16. The predicted octanol–water partition coefficient (Wildman–Crippen LogP) is 4.10. The number of fused-ring (bicyclic) bond motifs is 1. The van der Waals surface area contributed by atoms with Crippen LogP contribution in [0.3, 0.4) is 0 Å². The molecule has 6 heteroatoms. The zero-order chi connectivity index (χ0) is 15.0. The molecule has 0 fully saturated rings. The molecule has 0 amide bonds. The van der Waals surface area contributed by atoms with Crippen LogP contribution in [0.2, 0.25) is 5.28 Å². The minimum absolute atomic E-state index is 0.105. The molecule has 0 aliphatic carbocycles. The van der Waals surface area contributed by atoms with E-state index in [1.54, 1.807) is 0 Å². The molecule has 108 valence electrons. The van der Waals surface area contributed by atoms with Crippen molar-refractivity contribution in [2.24, 2.45) is 0 Å². The van der Waals surface area contributed by atoms with Gasteiger partial charge in [-0.25, -0.2) is 4.98 Å². The Kier molecular flexibility index (Phi) is 3.29. The highest BCUT2D eigenvalue weighted by molar-refractivity contribution is 6.28. The van der Waals surface area contributed by atoms with Crippen LogP contribution in [0, 0.1) is 0 Å². The summed E-state index contributed by atoms with van der Waals surface area (Å²) < 4.78 is 5.79. The summed E-state index contributed by atoms with van der Waals surface area (Å²) in [6, 6.07) is 7.92. The Hall–Kier alpha value is -2.14. The minimum atomic E-state index is 0.105. The molecule has 0 bridgehead atoms. The van der Waals surface area contributed by atoms with Gasteiger partial charge in [-0.05, 0) is 34.7 Å². The number of benzene rings is 1. The molecule has 2 aromatic heterocycles. The summed E-state index contributed by atoms with van der Waals surface area (Å²) in [5.41, 5.74) is 2.45. The van der Waals surface area contributed by atoms with Crippen molar-refractivity contribution in [3.8, 4) is 11.6 Å². The van der Waals surface area contributed by atoms with Crippen molar-refractivity contribution < 1.29 is 4.74 Å². The lowest BCUT2D eigenvalue weighted by Crippen LogP contribution is -2.10. The van der Waals surface area contributed by atoms with E-state index in [4.69, 9.17) is 16.3 Å². The van der Waals surface area contributed by atoms with Crippen LogP contribution in [0.15, 0.2) is 30.6 Å². The monoisotopic (exact) mass is 302 g/mol. The Labute approximate surface area is 127 Å². The fraction of sp³-hybridized carbons (Fsp3) is 0.267. The Bertz CT molecular complexity index is 774. The largest absolute Gasteiger partial charge is 0.437 e. The van der Waals surface area contributed by atoms with Gasteiger partial charge < -0.3 is 9.72 Å². The van der Waals surface area contributed by atoms with Gasteiger partial charge in [-0.15, -0.1) is 0 Å². The van der Waals surface area contributed by atoms with Crippen molar-refractivity contribution in [1.29, 1.82) is 0 Å². The second-order valence-electron chi connectivity index (χ2n) is 5.78. The van der Waals surface area contributed by atoms with E-state index in [0.717, 1.165) is 0 Å². The topological polar surface area (TPSA) is 63.7 Å². The van der Waals surface area contributed by atoms with Crippen LogP contribution < -0.4 is 4.74 Å². The average molecular weight is 303 g/mol. The quantitative estimate of drug-likeness (QED) is 0.724. The van der Waals surface area contributed by atoms with Gasteiger partial charge in [-0.3, -0.25) is 0 Å². The first-order valence-corrected chi connectivity index (χ1v) is 6.96. The molecule has 0 radical (unpaired) electrons. The van der Waals surface area contributed by atoms with Crippen LogP contribution in [0.4, 0.5) is 0 Å². The molecule has 0 aliphatic rings. The van der Waals surface area contributed by atoms with Crippen molar-refractivity contribution in [3.05, 3.63) is 41.4 Å². The van der Waals surface area contributed by atoms with Gasteiger partial charge in [0.25, 0.3) is 0 Å². The van der Waals surface area contributed by atoms with Gasteiger partial charge in [0.05, 0.1) is 6.33 Å². The number of halogens is 1. The fourth-order valence-electron chi connectivity index (χ4n) is 1.99. The third-order valence-corrected chi connectivity index (χ3v) is 3.33. The van der Waals surface area contributed by atoms with Gasteiger partial charge in [0.2, 0.25) is 11.2 Å². The highest BCUT2D eigenvalue weighted by Gasteiger charge is 2.14. The van der Waals surface area contributed by atoms with Crippen LogP contribution in [0.1, 0.15) is 26.3 Å². The van der Waals surface area contributed by atoms with Crippen molar-refractivity contribution in [1.82, 2.24) is 19.9 Å². The molecule has 0 spiro atoms. The van der Waals surface area contributed by atoms with E-state index in [0.29, 0.717) is 22.8 Å². The zero-order valence-corrected chi connectivity index (χ0v) is 12.8. The number of ether oxygens (including phenoxy) is 1. The van der Waals surface area contributed by atoms with Crippen LogP contribution in [0.5, 0.6) is 11.6 Å². The lowest BCUT2D eigenvalue weighted by Gasteiger charge is -2.19. The second kappa shape index (κ2) is 5.00. The smallest absolute Gasteiger partial charge is 0.250 e. The van der Waals surface area contributed by atoms with Crippen molar-refractivity contribution in [2.75, 3.05) is 0 Å². The van der Waals surface area contributed by atoms with E-state index in [1.807, 2.05) is 24.3 Å². The standard InChI is InChI=1S/C15H15ClN4O/c1-15(2,3)9-4-6-10(7-5-9)21-13-11-12(18-8-17-11)19-14(16)20-13/h4-8H,1-3H3,(H,17,18,19,20). The SMILES string of the molecule is CC(C)(C)c1ccc(Oc2nc(Cl)nc3nc[nH]c23)cc1. The van der Waals surface area contributed by atoms with Crippen LogP contribution >= 0.6 is 11.6 Å². The number of rotatable bonds is 2. The number of aromatic amines is 1. The molecule has 1 aromatic carbocycles. The molecule has 0 saturated carbocycles. The first kappa shape index (κ1) is 13.8. The van der Waals surface area contributed by atoms with Crippen LogP contribution in [-0.2, 0) is 5.41 Å². The van der Waals surface area contributed by atoms with E-state index >= 15 is 0 Å². The van der Waals surface area contributed by atoms with E-state index in [-0.39, 0.29) is 10.7 Å². The molecular weight excluding hydrogens is 288 g/mol. The van der Waals surface area contributed by atoms with Gasteiger partial charge in [0.1, 0.15) is 11.3 Å². The summed E-state index contributed by atoms with van der Waals surface area (Å²) in [5.74, 6) is 1.06. The van der Waals surface area contributed by atoms with Crippen LogP contribution in [-0.4, -0.2) is 19.9 Å². The number of H-pyrrole nitrogens is 1. The maximum Gasteiger partial charge on any atom is 0.250 e. The number of imidazole rings is 1. The van der Waals surface area contributed by atoms with Crippen LogP contribution in [0.25, 0.3) is 11.2 Å². The first-order chi connectivity index (χ1) is 9.93. The van der Waals surface area contributed by atoms with Gasteiger partial charge in [0.15, 0.2) is 5.65 Å². The molecule has 1 N–H and O–H groups in total. The summed E-state index contributed by atoms with van der Waals surface area (Å²) in [7, 11) is 0. The Balaban J connectivity index is 1.93. The molecule has 0 unspecified atom stereocenters. The van der Waals surface area contributed by atoms with Crippen molar-refractivity contribution in [3.63, 3.8) is 0 Å². The molecule has 21 heavy (non-hydrogen) atoms. The highest BCUT2D eigenvalue weighted by Crippen LogP contribution is 2.29. The van der Waals surface area contributed by atoms with E-state index in [9.17, 15) is 0 Å². The second-order valence-corrected chi connectivity index (χ2v) is 6.11. The molecule has 5 nitrogen and oxygen atoms in total. The summed E-state index contributed by atoms with van der Waals surface area (Å²) in [4.78, 5) is 15.1. The third kappa shape index (κ3) is 2.83. The average Bonchev–Trinajstić information content (AvgIpc) is 2.86. The summed E-state index contributed by atoms with van der Waals surface area (Å²) in [6.45, 7) is 6.50. The van der Waals surface area contributed by atoms with Gasteiger partial charge in [-0.1, -0.05) is 32.9 Å². The lowest BCUT2D eigenvalue weighted by atomic mass is 9.87. The number of aromatic nitrogens is 4. The van der Waals surface area contributed by atoms with Gasteiger partial charge in [0, 0.05) is 0 Å². The first-order valence-electron chi connectivity index (χ1n) is 6.58. The molecule has 0 aliphatic heterocycles. The normalized spacial score (nSPS) is 11.8. The number of nitrogens with one attached hydrogen (secondary N) is 1. The molecular formula is C15H15ClN4O. The minimum Gasteiger partial charge on any atom is -0.437 e. The Morgan fingerprint density at radius 3 is 2.48 bits per heavy atom. The van der Waals surface area contributed by atoms with Crippen molar-refractivity contribution >= 4 is 22.8 Å². The molecule has 3 rings (SSSR count). The number of nitrogens with zero attached hydrogens (tertiary/aromatic N) is 3. The number of hydrogen-bond acceptors (Lipinski definition) is 4. The Morgan fingerprint density at radius 1 is 1.10 bits per heavy atom.